The molecule has 0 aliphatic carbocycles. The van der Waals surface area contributed by atoms with Gasteiger partial charge in [0.05, 0.1) is 0 Å². The second-order valence-corrected chi connectivity index (χ2v) is 8.73. The number of aromatic nitrogens is 4. The van der Waals surface area contributed by atoms with Crippen molar-refractivity contribution in [3.05, 3.63) is 95.8 Å². The highest BCUT2D eigenvalue weighted by Crippen LogP contribution is 2.29. The van der Waals surface area contributed by atoms with Crippen molar-refractivity contribution in [1.82, 2.24) is 30.0 Å². The van der Waals surface area contributed by atoms with Crippen molar-refractivity contribution in [3.63, 3.8) is 0 Å². The molecule has 1 amide bonds. The Balaban J connectivity index is 1.19. The molecule has 0 saturated carbocycles. The van der Waals surface area contributed by atoms with Gasteiger partial charge in [0, 0.05) is 50.4 Å². The number of carbonyl (C=O) groups excluding carboxylic acids is 1. The number of pyridine rings is 1. The highest BCUT2D eigenvalue weighted by molar-refractivity contribution is 5.95. The van der Waals surface area contributed by atoms with Gasteiger partial charge in [0.2, 0.25) is 23.4 Å². The van der Waals surface area contributed by atoms with Gasteiger partial charge >= 0.3 is 0 Å². The monoisotopic (exact) mass is 480 g/mol. The van der Waals surface area contributed by atoms with E-state index in [2.05, 4.69) is 37.2 Å². The molecule has 0 spiro atoms. The molecule has 0 N–H and O–H groups in total. The van der Waals surface area contributed by atoms with E-state index < -0.39 is 0 Å². The van der Waals surface area contributed by atoms with E-state index in [0.717, 1.165) is 11.1 Å². The molecule has 9 heteroatoms. The average molecular weight is 481 g/mol. The van der Waals surface area contributed by atoms with Gasteiger partial charge in [0.15, 0.2) is 0 Å². The smallest absolute Gasteiger partial charge is 0.253 e. The van der Waals surface area contributed by atoms with E-state index in [4.69, 9.17) is 8.83 Å². The minimum Gasteiger partial charge on any atom is -0.423 e. The number of carbonyl (C=O) groups is 1. The van der Waals surface area contributed by atoms with Gasteiger partial charge in [-0.25, -0.2) is 9.97 Å². The lowest BCUT2D eigenvalue weighted by Gasteiger charge is -2.38. The summed E-state index contributed by atoms with van der Waals surface area (Å²) in [6.45, 7) is 4.34. The third kappa shape index (κ3) is 4.25. The first-order chi connectivity index (χ1) is 17.7. The maximum absolute atomic E-state index is 13.4. The second kappa shape index (κ2) is 9.35. The fourth-order valence-electron chi connectivity index (χ4n) is 4.61. The number of aryl methyl sites for hydroxylation is 1. The molecule has 4 heterocycles. The summed E-state index contributed by atoms with van der Waals surface area (Å²) in [6.07, 6.45) is 1.67. The van der Waals surface area contributed by atoms with Gasteiger partial charge < -0.3 is 13.7 Å². The number of fused-ring (bicyclic) bond motifs is 1. The summed E-state index contributed by atoms with van der Waals surface area (Å²) in [5.41, 5.74) is 3.59. The lowest BCUT2D eigenvalue weighted by atomic mass is 10.0. The van der Waals surface area contributed by atoms with E-state index in [1.54, 1.807) is 13.1 Å². The third-order valence-electron chi connectivity index (χ3n) is 6.38. The van der Waals surface area contributed by atoms with Gasteiger partial charge in [0.1, 0.15) is 11.6 Å². The molecule has 6 rings (SSSR count). The van der Waals surface area contributed by atoms with Crippen LogP contribution in [0.5, 0.6) is 0 Å². The summed E-state index contributed by atoms with van der Waals surface area (Å²) in [7, 11) is 0. The van der Waals surface area contributed by atoms with Gasteiger partial charge in [-0.3, -0.25) is 9.69 Å². The molecule has 2 aromatic carbocycles. The molecule has 0 bridgehead atoms. The van der Waals surface area contributed by atoms with E-state index in [0.29, 0.717) is 60.6 Å². The molecule has 1 atom stereocenters. The standard InChI is InChI=1S/C27H24N6O3/c1-18-30-31-26(35-18)23(19-7-3-2-4-8-19)32-13-15-33(16-14-32)27(34)21-10-5-9-20(17-21)24-29-22-11-6-12-28-25(22)36-24/h2-12,17,23H,13-16H2,1H3. The van der Waals surface area contributed by atoms with Crippen molar-refractivity contribution in [1.29, 1.82) is 0 Å². The van der Waals surface area contributed by atoms with Crippen molar-refractivity contribution < 1.29 is 13.6 Å². The quantitative estimate of drug-likeness (QED) is 0.370. The molecule has 5 aromatic rings. The van der Waals surface area contributed by atoms with Crippen LogP contribution in [0.2, 0.25) is 0 Å². The third-order valence-corrected chi connectivity index (χ3v) is 6.38. The van der Waals surface area contributed by atoms with Crippen LogP contribution < -0.4 is 0 Å². The first-order valence-electron chi connectivity index (χ1n) is 11.9. The van der Waals surface area contributed by atoms with E-state index in [9.17, 15) is 4.79 Å². The van der Waals surface area contributed by atoms with E-state index in [1.165, 1.54) is 0 Å². The molecular formula is C27H24N6O3. The van der Waals surface area contributed by atoms with Gasteiger partial charge in [-0.2, -0.15) is 0 Å². The Morgan fingerprint density at radius 2 is 1.75 bits per heavy atom. The Labute approximate surface area is 207 Å². The lowest BCUT2D eigenvalue weighted by Crippen LogP contribution is -2.50. The molecule has 1 unspecified atom stereocenters. The second-order valence-electron chi connectivity index (χ2n) is 8.73. The van der Waals surface area contributed by atoms with Crippen LogP contribution in [0.3, 0.4) is 0 Å². The molecule has 1 saturated heterocycles. The predicted octanol–water partition coefficient (Wildman–Crippen LogP) is 4.13. The normalized spacial score (nSPS) is 15.3. The minimum atomic E-state index is -0.152. The Morgan fingerprint density at radius 3 is 2.50 bits per heavy atom. The molecule has 36 heavy (non-hydrogen) atoms. The first-order valence-corrected chi connectivity index (χ1v) is 11.9. The molecule has 1 aliphatic rings. The molecule has 1 aliphatic heterocycles. The molecule has 0 radical (unpaired) electrons. The number of hydrogen-bond acceptors (Lipinski definition) is 8. The van der Waals surface area contributed by atoms with Crippen LogP contribution in [0.1, 0.15) is 33.7 Å². The van der Waals surface area contributed by atoms with Crippen LogP contribution in [0.15, 0.2) is 81.8 Å². The van der Waals surface area contributed by atoms with E-state index >= 15 is 0 Å². The molecule has 3 aromatic heterocycles. The maximum Gasteiger partial charge on any atom is 0.253 e. The van der Waals surface area contributed by atoms with Crippen LogP contribution >= 0.6 is 0 Å². The number of hydrogen-bond donors (Lipinski definition) is 0. The summed E-state index contributed by atoms with van der Waals surface area (Å²) < 4.78 is 11.6. The fraction of sp³-hybridized carbons (Fsp3) is 0.222. The first kappa shape index (κ1) is 22.1. The summed E-state index contributed by atoms with van der Waals surface area (Å²) in [5, 5.41) is 8.33. The summed E-state index contributed by atoms with van der Waals surface area (Å²) in [5.74, 6) is 1.53. The number of amides is 1. The van der Waals surface area contributed by atoms with E-state index in [-0.39, 0.29) is 11.9 Å². The molecule has 1 fully saturated rings. The SMILES string of the molecule is Cc1nnc(C(c2ccccc2)N2CCN(C(=O)c3cccc(-c4nc5cccnc5o4)c3)CC2)o1. The molecular weight excluding hydrogens is 456 g/mol. The number of piperazine rings is 1. The van der Waals surface area contributed by atoms with Gasteiger partial charge in [-0.1, -0.05) is 36.4 Å². The van der Waals surface area contributed by atoms with Crippen molar-refractivity contribution in [2.75, 3.05) is 26.2 Å². The largest absolute Gasteiger partial charge is 0.423 e. The summed E-state index contributed by atoms with van der Waals surface area (Å²) >= 11 is 0. The Kier molecular flexibility index (Phi) is 5.74. The van der Waals surface area contributed by atoms with Gasteiger partial charge in [0.25, 0.3) is 5.91 Å². The Bertz CT molecular complexity index is 1470. The van der Waals surface area contributed by atoms with Crippen molar-refractivity contribution in [2.24, 2.45) is 0 Å². The topological polar surface area (TPSA) is 101 Å². The number of nitrogens with zero attached hydrogens (tertiary/aromatic N) is 6. The van der Waals surface area contributed by atoms with Gasteiger partial charge in [-0.05, 0) is 35.9 Å². The summed E-state index contributed by atoms with van der Waals surface area (Å²) in [4.78, 5) is 26.2. The Morgan fingerprint density at radius 1 is 0.917 bits per heavy atom. The number of oxazole rings is 1. The average Bonchev–Trinajstić information content (AvgIpc) is 3.56. The maximum atomic E-state index is 13.4. The highest BCUT2D eigenvalue weighted by Gasteiger charge is 2.31. The fourth-order valence-corrected chi connectivity index (χ4v) is 4.61. The number of benzene rings is 2. The Hall–Kier alpha value is -4.37. The highest BCUT2D eigenvalue weighted by atomic mass is 16.4. The van der Waals surface area contributed by atoms with E-state index in [1.807, 2.05) is 59.5 Å². The number of rotatable bonds is 5. The van der Waals surface area contributed by atoms with Crippen molar-refractivity contribution >= 4 is 17.1 Å². The molecule has 180 valence electrons. The predicted molar refractivity (Wildman–Crippen MR) is 132 cm³/mol. The van der Waals surface area contributed by atoms with Crippen LogP contribution in [0.4, 0.5) is 0 Å². The molecule has 9 nitrogen and oxygen atoms in total. The van der Waals surface area contributed by atoms with Crippen LogP contribution in [-0.4, -0.2) is 62.1 Å². The zero-order valence-electron chi connectivity index (χ0n) is 19.7. The zero-order chi connectivity index (χ0) is 24.5. The minimum absolute atomic E-state index is 0.0179. The van der Waals surface area contributed by atoms with Gasteiger partial charge in [-0.15, -0.1) is 10.2 Å². The van der Waals surface area contributed by atoms with Crippen molar-refractivity contribution in [3.8, 4) is 11.5 Å². The lowest BCUT2D eigenvalue weighted by molar-refractivity contribution is 0.0578. The van der Waals surface area contributed by atoms with Crippen LogP contribution in [-0.2, 0) is 0 Å². The summed E-state index contributed by atoms with van der Waals surface area (Å²) in [6, 6.07) is 21.0. The van der Waals surface area contributed by atoms with Crippen LogP contribution in [0, 0.1) is 6.92 Å². The van der Waals surface area contributed by atoms with Crippen molar-refractivity contribution in [2.45, 2.75) is 13.0 Å². The van der Waals surface area contributed by atoms with Crippen LogP contribution in [0.25, 0.3) is 22.7 Å². The zero-order valence-corrected chi connectivity index (χ0v) is 19.7.